The molecule has 2 unspecified atom stereocenters. The molecular weight excluding hydrogens is 246 g/mol. The van der Waals surface area contributed by atoms with Crippen molar-refractivity contribution in [2.75, 3.05) is 13.2 Å². The van der Waals surface area contributed by atoms with Gasteiger partial charge in [-0.1, -0.05) is 0 Å². The molecule has 2 rings (SSSR count). The quantitative estimate of drug-likeness (QED) is 0.906. The molecule has 0 saturated carbocycles. The van der Waals surface area contributed by atoms with Crippen LogP contribution in [0.4, 0.5) is 0 Å². The highest BCUT2D eigenvalue weighted by Gasteiger charge is 2.39. The van der Waals surface area contributed by atoms with Crippen LogP contribution in [0, 0.1) is 29.6 Å². The van der Waals surface area contributed by atoms with Crippen LogP contribution in [-0.4, -0.2) is 24.2 Å². The predicted octanol–water partition coefficient (Wildman–Crippen LogP) is 2.11. The van der Waals surface area contributed by atoms with E-state index in [-0.39, 0.29) is 17.4 Å². The predicted molar refractivity (Wildman–Crippen MR) is 71.2 cm³/mol. The fourth-order valence-corrected chi connectivity index (χ4v) is 3.00. The zero-order valence-corrected chi connectivity index (χ0v) is 11.9. The van der Waals surface area contributed by atoms with Crippen LogP contribution in [0.25, 0.3) is 0 Å². The van der Waals surface area contributed by atoms with E-state index in [4.69, 9.17) is 4.74 Å². The Labute approximate surface area is 112 Å². The Bertz CT molecular complexity index is 449. The molecule has 0 bridgehead atoms. The molecule has 4 nitrogen and oxygen atoms in total. The van der Waals surface area contributed by atoms with Crippen molar-refractivity contribution in [3.05, 3.63) is 16.1 Å². The number of nitrogens with zero attached hydrogens (tertiary/aromatic N) is 2. The normalized spacial score (nSPS) is 24.1. The van der Waals surface area contributed by atoms with Crippen LogP contribution in [0.2, 0.25) is 0 Å². The van der Waals surface area contributed by atoms with E-state index in [1.54, 1.807) is 11.3 Å². The molecule has 0 aliphatic carbocycles. The highest BCUT2D eigenvalue weighted by atomic mass is 32.1. The minimum absolute atomic E-state index is 0.246. The Kier molecular flexibility index (Phi) is 4.00. The van der Waals surface area contributed by atoms with Gasteiger partial charge >= 0.3 is 0 Å². The molecule has 1 aromatic rings. The lowest BCUT2D eigenvalue weighted by atomic mass is 9.77. The number of hydrogen-bond donors (Lipinski definition) is 1. The Hall–Kier alpha value is -0.960. The Morgan fingerprint density at radius 3 is 3.00 bits per heavy atom. The van der Waals surface area contributed by atoms with Gasteiger partial charge in [0.2, 0.25) is 0 Å². The lowest BCUT2D eigenvalue weighted by Gasteiger charge is -2.28. The maximum absolute atomic E-state index is 9.23. The number of nitriles is 1. The highest BCUT2D eigenvalue weighted by molar-refractivity contribution is 7.09. The minimum Gasteiger partial charge on any atom is -0.379 e. The van der Waals surface area contributed by atoms with Gasteiger partial charge in [-0.25, -0.2) is 4.98 Å². The molecule has 1 aliphatic rings. The van der Waals surface area contributed by atoms with Gasteiger partial charge in [0.05, 0.1) is 35.9 Å². The zero-order chi connectivity index (χ0) is 13.2. The zero-order valence-electron chi connectivity index (χ0n) is 11.1. The molecule has 0 aromatic carbocycles. The van der Waals surface area contributed by atoms with E-state index >= 15 is 0 Å². The van der Waals surface area contributed by atoms with E-state index in [2.05, 4.69) is 16.4 Å². The average molecular weight is 265 g/mol. The summed E-state index contributed by atoms with van der Waals surface area (Å²) in [6.07, 6.45) is 0. The van der Waals surface area contributed by atoms with E-state index < -0.39 is 0 Å². The van der Waals surface area contributed by atoms with E-state index in [9.17, 15) is 5.26 Å². The first-order valence-electron chi connectivity index (χ1n) is 6.16. The Morgan fingerprint density at radius 1 is 1.61 bits per heavy atom. The fraction of sp³-hybridized carbons (Fsp3) is 0.692. The van der Waals surface area contributed by atoms with Crippen molar-refractivity contribution < 1.29 is 4.74 Å². The lowest BCUT2D eigenvalue weighted by molar-refractivity contribution is 0.164. The molecule has 0 amide bonds. The summed E-state index contributed by atoms with van der Waals surface area (Å²) in [5.74, 6) is 0.246. The van der Waals surface area contributed by atoms with Gasteiger partial charge in [-0.3, -0.25) is 0 Å². The summed E-state index contributed by atoms with van der Waals surface area (Å²) in [6, 6.07) is 2.64. The summed E-state index contributed by atoms with van der Waals surface area (Å²) in [4.78, 5) is 5.50. The smallest absolute Gasteiger partial charge is 0.0798 e. The summed E-state index contributed by atoms with van der Waals surface area (Å²) in [7, 11) is 0. The van der Waals surface area contributed by atoms with Gasteiger partial charge in [0.15, 0.2) is 0 Å². The molecular formula is C13H19N3OS. The summed E-state index contributed by atoms with van der Waals surface area (Å²) in [6.45, 7) is 8.16. The van der Waals surface area contributed by atoms with E-state index in [1.807, 2.05) is 26.3 Å². The van der Waals surface area contributed by atoms with Gasteiger partial charge in [-0.15, -0.1) is 11.3 Å². The molecule has 2 atom stereocenters. The maximum atomic E-state index is 9.23. The number of aryl methyl sites for hydroxylation is 1. The van der Waals surface area contributed by atoms with Gasteiger partial charge in [-0.05, 0) is 20.8 Å². The van der Waals surface area contributed by atoms with Crippen molar-refractivity contribution in [3.63, 3.8) is 0 Å². The molecule has 1 saturated heterocycles. The maximum Gasteiger partial charge on any atom is 0.0798 e. The molecule has 1 aliphatic heterocycles. The molecule has 1 aromatic heterocycles. The van der Waals surface area contributed by atoms with Crippen molar-refractivity contribution in [1.82, 2.24) is 10.3 Å². The van der Waals surface area contributed by atoms with Gasteiger partial charge in [0, 0.05) is 23.4 Å². The van der Waals surface area contributed by atoms with Gasteiger partial charge < -0.3 is 10.1 Å². The molecule has 98 valence electrons. The van der Waals surface area contributed by atoms with Crippen LogP contribution >= 0.6 is 11.3 Å². The van der Waals surface area contributed by atoms with Crippen LogP contribution in [-0.2, 0) is 11.3 Å². The number of aromatic nitrogens is 1. The number of thiazole rings is 1. The fourth-order valence-electron chi connectivity index (χ4n) is 2.27. The van der Waals surface area contributed by atoms with Crippen LogP contribution in [0.1, 0.15) is 24.4 Å². The third kappa shape index (κ3) is 2.72. The highest BCUT2D eigenvalue weighted by Crippen LogP contribution is 2.33. The van der Waals surface area contributed by atoms with Crippen LogP contribution in [0.15, 0.2) is 5.51 Å². The number of ether oxygens (including phenoxy) is 1. The number of nitrogens with one attached hydrogen (secondary N) is 1. The Balaban J connectivity index is 1.97. The third-order valence-electron chi connectivity index (χ3n) is 3.67. The summed E-state index contributed by atoms with van der Waals surface area (Å²) in [5, 5.41) is 12.7. The van der Waals surface area contributed by atoms with Crippen LogP contribution < -0.4 is 5.32 Å². The molecule has 1 N–H and O–H groups in total. The summed E-state index contributed by atoms with van der Waals surface area (Å²) < 4.78 is 5.53. The first-order chi connectivity index (χ1) is 8.54. The second kappa shape index (κ2) is 5.35. The second-order valence-corrected chi connectivity index (χ2v) is 6.27. The first kappa shape index (κ1) is 13.5. The third-order valence-corrected chi connectivity index (χ3v) is 4.60. The molecule has 18 heavy (non-hydrogen) atoms. The molecule has 1 fully saturated rings. The summed E-state index contributed by atoms with van der Waals surface area (Å²) in [5.41, 5.74) is 2.60. The molecule has 0 spiro atoms. The number of hydrogen-bond acceptors (Lipinski definition) is 5. The molecule has 0 radical (unpaired) electrons. The van der Waals surface area contributed by atoms with Gasteiger partial charge in [0.1, 0.15) is 0 Å². The molecule has 5 heteroatoms. The standard InChI is InChI=1S/C13H19N3OS/c1-9-12(18-8-16-9)4-15-11-6-17-5-10(11)13(2,3)7-14/h8,10-11,15H,4-6H2,1-3H3. The van der Waals surface area contributed by atoms with Crippen molar-refractivity contribution in [2.45, 2.75) is 33.4 Å². The van der Waals surface area contributed by atoms with Crippen LogP contribution in [0.5, 0.6) is 0 Å². The van der Waals surface area contributed by atoms with Crippen molar-refractivity contribution in [1.29, 1.82) is 5.26 Å². The lowest BCUT2D eigenvalue weighted by Crippen LogP contribution is -2.41. The van der Waals surface area contributed by atoms with E-state index in [0.29, 0.717) is 13.2 Å². The Morgan fingerprint density at radius 2 is 2.39 bits per heavy atom. The van der Waals surface area contributed by atoms with Crippen molar-refractivity contribution in [3.8, 4) is 6.07 Å². The number of rotatable bonds is 4. The van der Waals surface area contributed by atoms with E-state index in [1.165, 1.54) is 4.88 Å². The van der Waals surface area contributed by atoms with Crippen molar-refractivity contribution in [2.24, 2.45) is 11.3 Å². The van der Waals surface area contributed by atoms with Crippen LogP contribution in [0.3, 0.4) is 0 Å². The largest absolute Gasteiger partial charge is 0.379 e. The summed E-state index contributed by atoms with van der Waals surface area (Å²) >= 11 is 1.67. The van der Waals surface area contributed by atoms with E-state index in [0.717, 1.165) is 12.2 Å². The SMILES string of the molecule is Cc1ncsc1CNC1COCC1C(C)(C)C#N. The minimum atomic E-state index is -0.350. The monoisotopic (exact) mass is 265 g/mol. The average Bonchev–Trinajstić information content (AvgIpc) is 2.95. The van der Waals surface area contributed by atoms with Gasteiger partial charge in [-0.2, -0.15) is 5.26 Å². The first-order valence-corrected chi connectivity index (χ1v) is 7.04. The van der Waals surface area contributed by atoms with Crippen molar-refractivity contribution >= 4 is 11.3 Å². The topological polar surface area (TPSA) is 57.9 Å². The second-order valence-electron chi connectivity index (χ2n) is 5.33. The van der Waals surface area contributed by atoms with Gasteiger partial charge in [0.25, 0.3) is 0 Å². The molecule has 2 heterocycles.